The lowest BCUT2D eigenvalue weighted by molar-refractivity contribution is -0.111. The molecule has 68 valence electrons. The first-order valence-corrected chi connectivity index (χ1v) is 3.83. The van der Waals surface area contributed by atoms with Crippen molar-refractivity contribution in [1.82, 2.24) is 4.98 Å². The summed E-state index contributed by atoms with van der Waals surface area (Å²) in [6.07, 6.45) is 2.82. The Morgan fingerprint density at radius 1 is 1.69 bits per heavy atom. The van der Waals surface area contributed by atoms with Gasteiger partial charge < -0.3 is 10.6 Å². The molecule has 1 aromatic heterocycles. The van der Waals surface area contributed by atoms with Gasteiger partial charge in [0.25, 0.3) is 0 Å². The van der Waals surface area contributed by atoms with Crippen molar-refractivity contribution in [2.45, 2.75) is 0 Å². The number of pyridine rings is 1. The van der Waals surface area contributed by atoms with E-state index in [0.29, 0.717) is 5.82 Å². The first-order chi connectivity index (χ1) is 6.26. The number of anilines is 2. The van der Waals surface area contributed by atoms with Crippen LogP contribution in [-0.4, -0.2) is 17.9 Å². The highest BCUT2D eigenvalue weighted by Crippen LogP contribution is 2.10. The zero-order chi connectivity index (χ0) is 9.68. The molecule has 0 radical (unpaired) electrons. The summed E-state index contributed by atoms with van der Waals surface area (Å²) >= 11 is 0. The molecule has 0 aromatic carbocycles. The van der Waals surface area contributed by atoms with Crippen molar-refractivity contribution < 1.29 is 4.79 Å². The summed E-state index contributed by atoms with van der Waals surface area (Å²) in [4.78, 5) is 14.8. The first kappa shape index (κ1) is 9.25. The molecule has 0 unspecified atom stereocenters. The summed E-state index contributed by atoms with van der Waals surface area (Å²) in [5, 5.41) is 5.50. The molecule has 0 bridgehead atoms. The largest absolute Gasteiger partial charge is 0.388 e. The monoisotopic (exact) mass is 177 g/mol. The van der Waals surface area contributed by atoms with Crippen LogP contribution in [0, 0.1) is 0 Å². The van der Waals surface area contributed by atoms with E-state index in [-0.39, 0.29) is 5.91 Å². The lowest BCUT2D eigenvalue weighted by Crippen LogP contribution is -2.08. The fourth-order valence-electron chi connectivity index (χ4n) is 0.832. The summed E-state index contributed by atoms with van der Waals surface area (Å²) in [5.41, 5.74) is 0.898. The molecule has 13 heavy (non-hydrogen) atoms. The number of hydrogen-bond acceptors (Lipinski definition) is 3. The maximum atomic E-state index is 10.9. The molecule has 0 fully saturated rings. The van der Waals surface area contributed by atoms with Gasteiger partial charge in [-0.05, 0) is 12.1 Å². The van der Waals surface area contributed by atoms with Crippen LogP contribution in [0.25, 0.3) is 0 Å². The van der Waals surface area contributed by atoms with E-state index < -0.39 is 0 Å². The predicted molar refractivity (Wildman–Crippen MR) is 52.6 cm³/mol. The van der Waals surface area contributed by atoms with Crippen LogP contribution < -0.4 is 10.6 Å². The van der Waals surface area contributed by atoms with Crippen LogP contribution in [0.4, 0.5) is 11.5 Å². The van der Waals surface area contributed by atoms with Crippen LogP contribution in [0.15, 0.2) is 31.0 Å². The van der Waals surface area contributed by atoms with Crippen LogP contribution in [0.5, 0.6) is 0 Å². The van der Waals surface area contributed by atoms with Gasteiger partial charge in [0.1, 0.15) is 5.82 Å². The SMILES string of the molecule is C=CC(=O)Nc1cc(NC)ccn1. The van der Waals surface area contributed by atoms with Crippen LogP contribution in [0.3, 0.4) is 0 Å². The quantitative estimate of drug-likeness (QED) is 0.683. The maximum absolute atomic E-state index is 10.9. The molecule has 0 aliphatic carbocycles. The van der Waals surface area contributed by atoms with Gasteiger partial charge >= 0.3 is 0 Å². The van der Waals surface area contributed by atoms with Gasteiger partial charge in [-0.25, -0.2) is 4.98 Å². The molecule has 4 nitrogen and oxygen atoms in total. The molecule has 0 atom stereocenters. The molecule has 0 saturated carbocycles. The van der Waals surface area contributed by atoms with Gasteiger partial charge in [-0.3, -0.25) is 4.79 Å². The van der Waals surface area contributed by atoms with Crippen LogP contribution in [0.2, 0.25) is 0 Å². The normalized spacial score (nSPS) is 9.00. The van der Waals surface area contributed by atoms with E-state index in [1.807, 2.05) is 6.07 Å². The van der Waals surface area contributed by atoms with Gasteiger partial charge in [0.2, 0.25) is 5.91 Å². The summed E-state index contributed by atoms with van der Waals surface area (Å²) < 4.78 is 0. The maximum Gasteiger partial charge on any atom is 0.248 e. The third-order valence-corrected chi connectivity index (χ3v) is 1.49. The van der Waals surface area contributed by atoms with Gasteiger partial charge in [-0.1, -0.05) is 6.58 Å². The van der Waals surface area contributed by atoms with Crippen molar-refractivity contribution in [1.29, 1.82) is 0 Å². The van der Waals surface area contributed by atoms with E-state index in [0.717, 1.165) is 5.69 Å². The van der Waals surface area contributed by atoms with E-state index in [2.05, 4.69) is 22.2 Å². The zero-order valence-corrected chi connectivity index (χ0v) is 7.37. The van der Waals surface area contributed by atoms with Crippen molar-refractivity contribution in [3.63, 3.8) is 0 Å². The fraction of sp³-hybridized carbons (Fsp3) is 0.111. The number of aromatic nitrogens is 1. The molecule has 1 heterocycles. The third-order valence-electron chi connectivity index (χ3n) is 1.49. The molecule has 1 amide bonds. The number of nitrogens with zero attached hydrogens (tertiary/aromatic N) is 1. The average molecular weight is 177 g/mol. The second-order valence-electron chi connectivity index (χ2n) is 2.37. The fourth-order valence-corrected chi connectivity index (χ4v) is 0.832. The summed E-state index contributed by atoms with van der Waals surface area (Å²) in [6, 6.07) is 3.55. The van der Waals surface area contributed by atoms with Crippen molar-refractivity contribution in [3.05, 3.63) is 31.0 Å². The summed E-state index contributed by atoms with van der Waals surface area (Å²) in [7, 11) is 1.80. The summed E-state index contributed by atoms with van der Waals surface area (Å²) in [5.74, 6) is 0.248. The zero-order valence-electron chi connectivity index (χ0n) is 7.37. The molecular weight excluding hydrogens is 166 g/mol. The Bertz CT molecular complexity index is 322. The van der Waals surface area contributed by atoms with E-state index in [1.165, 1.54) is 6.08 Å². The Kier molecular flexibility index (Phi) is 3.03. The topological polar surface area (TPSA) is 54.0 Å². The van der Waals surface area contributed by atoms with Gasteiger partial charge in [-0.15, -0.1) is 0 Å². The summed E-state index contributed by atoms with van der Waals surface area (Å²) in [6.45, 7) is 3.34. The van der Waals surface area contributed by atoms with Crippen molar-refractivity contribution in [3.8, 4) is 0 Å². The molecule has 0 aliphatic rings. The highest BCUT2D eigenvalue weighted by molar-refractivity contribution is 5.98. The lowest BCUT2D eigenvalue weighted by atomic mass is 10.4. The van der Waals surface area contributed by atoms with Gasteiger partial charge in [0.15, 0.2) is 0 Å². The number of nitrogens with one attached hydrogen (secondary N) is 2. The molecular formula is C9H11N3O. The lowest BCUT2D eigenvalue weighted by Gasteiger charge is -2.03. The molecule has 0 aliphatic heterocycles. The number of hydrogen-bond donors (Lipinski definition) is 2. The number of rotatable bonds is 3. The Hall–Kier alpha value is -1.84. The van der Waals surface area contributed by atoms with E-state index in [9.17, 15) is 4.79 Å². The first-order valence-electron chi connectivity index (χ1n) is 3.83. The van der Waals surface area contributed by atoms with Gasteiger partial charge in [0.05, 0.1) is 0 Å². The van der Waals surface area contributed by atoms with Gasteiger partial charge in [-0.2, -0.15) is 0 Å². The molecule has 4 heteroatoms. The standard InChI is InChI=1S/C9H11N3O/c1-3-9(13)12-8-6-7(10-2)4-5-11-8/h3-6H,1H2,2H3,(H2,10,11,12,13). The number of carbonyl (C=O) groups is 1. The second-order valence-corrected chi connectivity index (χ2v) is 2.37. The highest BCUT2D eigenvalue weighted by atomic mass is 16.1. The number of carbonyl (C=O) groups excluding carboxylic acids is 1. The Labute approximate surface area is 76.7 Å². The van der Waals surface area contributed by atoms with Crippen LogP contribution in [0.1, 0.15) is 0 Å². The molecule has 2 N–H and O–H groups in total. The average Bonchev–Trinajstić information content (AvgIpc) is 2.18. The minimum Gasteiger partial charge on any atom is -0.388 e. The molecule has 0 spiro atoms. The van der Waals surface area contributed by atoms with E-state index in [1.54, 1.807) is 19.3 Å². The molecule has 0 saturated heterocycles. The van der Waals surface area contributed by atoms with Crippen molar-refractivity contribution in [2.24, 2.45) is 0 Å². The molecule has 1 aromatic rings. The van der Waals surface area contributed by atoms with E-state index in [4.69, 9.17) is 0 Å². The Morgan fingerprint density at radius 2 is 2.46 bits per heavy atom. The highest BCUT2D eigenvalue weighted by Gasteiger charge is 1.98. The van der Waals surface area contributed by atoms with Gasteiger partial charge in [0, 0.05) is 25.0 Å². The van der Waals surface area contributed by atoms with Crippen molar-refractivity contribution >= 4 is 17.4 Å². The van der Waals surface area contributed by atoms with Crippen LogP contribution >= 0.6 is 0 Å². The van der Waals surface area contributed by atoms with E-state index >= 15 is 0 Å². The minimum atomic E-state index is -0.263. The Balaban J connectivity index is 2.77. The minimum absolute atomic E-state index is 0.263. The predicted octanol–water partition coefficient (Wildman–Crippen LogP) is 1.25. The van der Waals surface area contributed by atoms with Crippen LogP contribution in [-0.2, 0) is 4.79 Å². The van der Waals surface area contributed by atoms with Crippen molar-refractivity contribution in [2.75, 3.05) is 17.7 Å². The smallest absolute Gasteiger partial charge is 0.248 e. The number of amides is 1. The third kappa shape index (κ3) is 2.59. The molecule has 1 rings (SSSR count). The Morgan fingerprint density at radius 3 is 3.08 bits per heavy atom. The second kappa shape index (κ2) is 4.25.